The zero-order valence-corrected chi connectivity index (χ0v) is 12.8. The van der Waals surface area contributed by atoms with Gasteiger partial charge >= 0.3 is 0 Å². The van der Waals surface area contributed by atoms with Crippen molar-refractivity contribution >= 4 is 36.3 Å². The Hall–Kier alpha value is -1.99. The molecule has 2 heterocycles. The molecule has 0 unspecified atom stereocenters. The van der Waals surface area contributed by atoms with Gasteiger partial charge in [-0.05, 0) is 0 Å². The number of fused-ring (bicyclic) bond motifs is 1. The first kappa shape index (κ1) is 15.4. The third-order valence-electron chi connectivity index (χ3n) is 2.92. The summed E-state index contributed by atoms with van der Waals surface area (Å²) in [7, 11) is 0. The molecule has 0 saturated heterocycles. The first-order valence-electron chi connectivity index (χ1n) is 6.16. The maximum atomic E-state index is 5.28. The van der Waals surface area contributed by atoms with E-state index in [-0.39, 0.29) is 18.4 Å². The zero-order chi connectivity index (χ0) is 13.9. The molecule has 3 rings (SSSR count). The summed E-state index contributed by atoms with van der Waals surface area (Å²) in [6.45, 7) is 0.920. The van der Waals surface area contributed by atoms with Crippen LogP contribution in [0.3, 0.4) is 0 Å². The van der Waals surface area contributed by atoms with Crippen molar-refractivity contribution in [3.8, 4) is 11.3 Å². The summed E-state index contributed by atoms with van der Waals surface area (Å²) < 4.78 is 2.14. The van der Waals surface area contributed by atoms with Crippen LogP contribution >= 0.6 is 24.2 Å². The van der Waals surface area contributed by atoms with Crippen molar-refractivity contribution in [1.82, 2.24) is 9.55 Å². The van der Waals surface area contributed by atoms with E-state index in [0.29, 0.717) is 0 Å². The summed E-state index contributed by atoms with van der Waals surface area (Å²) in [4.78, 5) is 4.68. The van der Waals surface area contributed by atoms with E-state index in [1.165, 1.54) is 0 Å². The molecule has 0 fully saturated rings. The van der Waals surface area contributed by atoms with Gasteiger partial charge in [-0.2, -0.15) is 5.10 Å². The van der Waals surface area contributed by atoms with E-state index in [9.17, 15) is 0 Å². The van der Waals surface area contributed by atoms with Gasteiger partial charge in [0.1, 0.15) is 0 Å². The van der Waals surface area contributed by atoms with E-state index in [1.54, 1.807) is 18.0 Å². The lowest BCUT2D eigenvalue weighted by molar-refractivity contribution is 0.715. The minimum Gasteiger partial charge on any atom is -0.369 e. The van der Waals surface area contributed by atoms with Gasteiger partial charge in [0.15, 0.2) is 5.16 Å². The number of nitrogens with zero attached hydrogens (tertiary/aromatic N) is 4. The fourth-order valence-electron chi connectivity index (χ4n) is 2.09. The van der Waals surface area contributed by atoms with Crippen molar-refractivity contribution in [3.05, 3.63) is 36.0 Å². The van der Waals surface area contributed by atoms with Gasteiger partial charge in [-0.3, -0.25) is 0 Å². The van der Waals surface area contributed by atoms with Gasteiger partial charge in [0.25, 0.3) is 0 Å². The van der Waals surface area contributed by atoms with Crippen LogP contribution in [0.2, 0.25) is 0 Å². The Morgan fingerprint density at radius 3 is 2.76 bits per heavy atom. The third kappa shape index (κ3) is 3.20. The first-order valence-corrected chi connectivity index (χ1v) is 7.15. The number of nitrogens with two attached hydrogens (primary N) is 2. The van der Waals surface area contributed by atoms with Gasteiger partial charge in [0, 0.05) is 17.9 Å². The van der Waals surface area contributed by atoms with Crippen molar-refractivity contribution in [2.24, 2.45) is 21.7 Å². The van der Waals surface area contributed by atoms with E-state index >= 15 is 0 Å². The standard InChI is InChI=1S/C13H14N6S.ClH/c14-12(15)18-16-8-10-11(9-4-2-1-3-5-9)17-13-19(10)6-7-20-13;/h1-5,8H,6-7H2,(H4,14,15,18);1H/b16-8+;. The van der Waals surface area contributed by atoms with E-state index in [2.05, 4.69) is 19.8 Å². The van der Waals surface area contributed by atoms with E-state index in [4.69, 9.17) is 11.5 Å². The molecule has 1 aliphatic heterocycles. The molecule has 21 heavy (non-hydrogen) atoms. The number of rotatable bonds is 3. The van der Waals surface area contributed by atoms with Crippen LogP contribution in [0.4, 0.5) is 0 Å². The van der Waals surface area contributed by atoms with Crippen molar-refractivity contribution in [3.63, 3.8) is 0 Å². The molecule has 1 aromatic carbocycles. The summed E-state index contributed by atoms with van der Waals surface area (Å²) in [6.07, 6.45) is 1.66. The highest BCUT2D eigenvalue weighted by molar-refractivity contribution is 7.99. The highest BCUT2D eigenvalue weighted by Gasteiger charge is 2.21. The van der Waals surface area contributed by atoms with Gasteiger partial charge in [0.05, 0.1) is 17.6 Å². The molecule has 2 aromatic rings. The van der Waals surface area contributed by atoms with Crippen molar-refractivity contribution < 1.29 is 0 Å². The van der Waals surface area contributed by atoms with Crippen LogP contribution in [0.15, 0.2) is 45.7 Å². The summed E-state index contributed by atoms with van der Waals surface area (Å²) in [6, 6.07) is 10.0. The number of guanidine groups is 1. The highest BCUT2D eigenvalue weighted by Crippen LogP contribution is 2.32. The van der Waals surface area contributed by atoms with Crippen LogP contribution < -0.4 is 11.5 Å². The Morgan fingerprint density at radius 2 is 2.05 bits per heavy atom. The minimum atomic E-state index is -0.0574. The molecule has 6 nitrogen and oxygen atoms in total. The largest absolute Gasteiger partial charge is 0.369 e. The lowest BCUT2D eigenvalue weighted by Crippen LogP contribution is -2.21. The molecular formula is C13H15ClN6S. The molecule has 1 aromatic heterocycles. The maximum Gasteiger partial charge on any atom is 0.211 e. The van der Waals surface area contributed by atoms with E-state index in [1.807, 2.05) is 30.3 Å². The fourth-order valence-corrected chi connectivity index (χ4v) is 3.05. The number of hydrogen-bond donors (Lipinski definition) is 2. The Kier molecular flexibility index (Phi) is 4.87. The quantitative estimate of drug-likeness (QED) is 0.510. The van der Waals surface area contributed by atoms with Crippen molar-refractivity contribution in [2.75, 3.05) is 5.75 Å². The second kappa shape index (κ2) is 6.64. The molecular weight excluding hydrogens is 308 g/mol. The number of halogens is 1. The van der Waals surface area contributed by atoms with Gasteiger partial charge in [-0.25, -0.2) is 4.98 Å². The minimum absolute atomic E-state index is 0. The molecule has 0 spiro atoms. The number of hydrogen-bond acceptors (Lipinski definition) is 4. The first-order chi connectivity index (χ1) is 9.75. The van der Waals surface area contributed by atoms with E-state index < -0.39 is 0 Å². The van der Waals surface area contributed by atoms with Crippen molar-refractivity contribution in [1.29, 1.82) is 0 Å². The molecule has 8 heteroatoms. The van der Waals surface area contributed by atoms with Crippen LogP contribution in [0.1, 0.15) is 5.69 Å². The number of imidazole rings is 1. The fraction of sp³-hybridized carbons (Fsp3) is 0.154. The Balaban J connectivity index is 0.00000161. The Bertz CT molecular complexity index is 675. The second-order valence-corrected chi connectivity index (χ2v) is 5.33. The van der Waals surface area contributed by atoms with Crippen LogP contribution in [-0.2, 0) is 6.54 Å². The van der Waals surface area contributed by atoms with Crippen LogP contribution in [-0.4, -0.2) is 27.5 Å². The molecule has 4 N–H and O–H groups in total. The van der Waals surface area contributed by atoms with Gasteiger partial charge < -0.3 is 16.0 Å². The van der Waals surface area contributed by atoms with Crippen molar-refractivity contribution in [2.45, 2.75) is 11.7 Å². The highest BCUT2D eigenvalue weighted by atomic mass is 35.5. The molecule has 0 atom stereocenters. The monoisotopic (exact) mass is 322 g/mol. The zero-order valence-electron chi connectivity index (χ0n) is 11.1. The van der Waals surface area contributed by atoms with E-state index in [0.717, 1.165) is 34.4 Å². The maximum absolute atomic E-state index is 5.28. The molecule has 0 aliphatic carbocycles. The van der Waals surface area contributed by atoms with Gasteiger partial charge in [0.2, 0.25) is 5.96 Å². The number of benzene rings is 1. The summed E-state index contributed by atoms with van der Waals surface area (Å²) in [5, 5.41) is 8.58. The Morgan fingerprint density at radius 1 is 1.29 bits per heavy atom. The predicted molar refractivity (Wildman–Crippen MR) is 89.0 cm³/mol. The molecule has 0 radical (unpaired) electrons. The lowest BCUT2D eigenvalue weighted by atomic mass is 10.1. The Labute approximate surface area is 132 Å². The summed E-state index contributed by atoms with van der Waals surface area (Å²) in [5.41, 5.74) is 13.5. The SMILES string of the molecule is Cl.NC(N)=N/N=C/c1c(-c2ccccc2)nc2n1CCS2. The molecule has 0 amide bonds. The molecule has 110 valence electrons. The van der Waals surface area contributed by atoms with Crippen LogP contribution in [0.5, 0.6) is 0 Å². The smallest absolute Gasteiger partial charge is 0.211 e. The molecule has 0 bridgehead atoms. The lowest BCUT2D eigenvalue weighted by Gasteiger charge is -2.02. The molecule has 0 saturated carbocycles. The average molecular weight is 323 g/mol. The van der Waals surface area contributed by atoms with Crippen LogP contribution in [0.25, 0.3) is 11.3 Å². The third-order valence-corrected chi connectivity index (χ3v) is 3.87. The average Bonchev–Trinajstić information content (AvgIpc) is 3.01. The number of thioether (sulfide) groups is 1. The second-order valence-electron chi connectivity index (χ2n) is 4.26. The number of aromatic nitrogens is 2. The normalized spacial score (nSPS) is 13.0. The summed E-state index contributed by atoms with van der Waals surface area (Å²) in [5.74, 6) is 0.971. The molecule has 1 aliphatic rings. The topological polar surface area (TPSA) is 94.6 Å². The summed E-state index contributed by atoms with van der Waals surface area (Å²) >= 11 is 1.74. The van der Waals surface area contributed by atoms with Gasteiger partial charge in [-0.15, -0.1) is 17.5 Å². The van der Waals surface area contributed by atoms with Gasteiger partial charge in [-0.1, -0.05) is 42.1 Å². The predicted octanol–water partition coefficient (Wildman–Crippen LogP) is 1.68. The van der Waals surface area contributed by atoms with Crippen LogP contribution in [0, 0.1) is 0 Å².